The standard InChI is InChI=1S/C14H17FN4/c1-3-7-16-13-8-10(2)17-14(19-13)18-12-6-4-5-11(15)9-12/h4-6,8-9H,3,7H2,1-2H3,(H2,16,17,18,19). The van der Waals surface area contributed by atoms with Crippen molar-refractivity contribution in [1.82, 2.24) is 9.97 Å². The highest BCUT2D eigenvalue weighted by Crippen LogP contribution is 2.16. The lowest BCUT2D eigenvalue weighted by atomic mass is 10.3. The molecule has 5 heteroatoms. The summed E-state index contributed by atoms with van der Waals surface area (Å²) in [5, 5.41) is 6.21. The number of anilines is 3. The number of hydrogen-bond donors (Lipinski definition) is 2. The Labute approximate surface area is 112 Å². The molecule has 19 heavy (non-hydrogen) atoms. The number of nitrogens with zero attached hydrogens (tertiary/aromatic N) is 2. The fraction of sp³-hybridized carbons (Fsp3) is 0.286. The topological polar surface area (TPSA) is 49.8 Å². The Morgan fingerprint density at radius 3 is 2.79 bits per heavy atom. The van der Waals surface area contributed by atoms with E-state index in [0.29, 0.717) is 11.6 Å². The summed E-state index contributed by atoms with van der Waals surface area (Å²) < 4.78 is 13.1. The van der Waals surface area contributed by atoms with Gasteiger partial charge in [-0.1, -0.05) is 13.0 Å². The van der Waals surface area contributed by atoms with Gasteiger partial charge in [0.1, 0.15) is 11.6 Å². The van der Waals surface area contributed by atoms with E-state index in [1.165, 1.54) is 12.1 Å². The molecule has 2 aromatic rings. The van der Waals surface area contributed by atoms with Gasteiger partial charge in [-0.3, -0.25) is 0 Å². The molecule has 0 saturated carbocycles. The molecule has 2 N–H and O–H groups in total. The van der Waals surface area contributed by atoms with E-state index in [1.807, 2.05) is 13.0 Å². The maximum atomic E-state index is 13.1. The normalized spacial score (nSPS) is 10.3. The van der Waals surface area contributed by atoms with Crippen LogP contribution < -0.4 is 10.6 Å². The van der Waals surface area contributed by atoms with Crippen molar-refractivity contribution in [3.63, 3.8) is 0 Å². The Hall–Kier alpha value is -2.17. The van der Waals surface area contributed by atoms with Crippen LogP contribution in [0.2, 0.25) is 0 Å². The van der Waals surface area contributed by atoms with Crippen molar-refractivity contribution in [2.75, 3.05) is 17.2 Å². The summed E-state index contributed by atoms with van der Waals surface area (Å²) in [7, 11) is 0. The number of benzene rings is 1. The minimum Gasteiger partial charge on any atom is -0.370 e. The molecule has 2 rings (SSSR count). The third-order valence-corrected chi connectivity index (χ3v) is 2.49. The van der Waals surface area contributed by atoms with Crippen LogP contribution in [0.4, 0.5) is 21.8 Å². The fourth-order valence-corrected chi connectivity index (χ4v) is 1.66. The van der Waals surface area contributed by atoms with E-state index >= 15 is 0 Å². The number of halogens is 1. The SMILES string of the molecule is CCCNc1cc(C)nc(Nc2cccc(F)c2)n1. The van der Waals surface area contributed by atoms with Crippen LogP contribution in [-0.4, -0.2) is 16.5 Å². The minimum atomic E-state index is -0.290. The molecular formula is C14H17FN4. The number of aromatic nitrogens is 2. The van der Waals surface area contributed by atoms with E-state index in [4.69, 9.17) is 0 Å². The number of nitrogens with one attached hydrogen (secondary N) is 2. The Morgan fingerprint density at radius 2 is 2.05 bits per heavy atom. The number of aryl methyl sites for hydroxylation is 1. The predicted octanol–water partition coefficient (Wildman–Crippen LogP) is 3.49. The molecule has 0 atom stereocenters. The third kappa shape index (κ3) is 3.91. The van der Waals surface area contributed by atoms with Gasteiger partial charge in [-0.25, -0.2) is 9.37 Å². The van der Waals surface area contributed by atoms with Crippen molar-refractivity contribution in [2.24, 2.45) is 0 Å². The lowest BCUT2D eigenvalue weighted by Gasteiger charge is -2.09. The zero-order chi connectivity index (χ0) is 13.7. The van der Waals surface area contributed by atoms with Crippen molar-refractivity contribution < 1.29 is 4.39 Å². The Morgan fingerprint density at radius 1 is 1.21 bits per heavy atom. The first-order valence-electron chi connectivity index (χ1n) is 6.29. The molecule has 1 aromatic carbocycles. The van der Waals surface area contributed by atoms with Crippen LogP contribution in [0, 0.1) is 12.7 Å². The molecule has 0 fully saturated rings. The Balaban J connectivity index is 2.17. The van der Waals surface area contributed by atoms with Gasteiger partial charge in [0.05, 0.1) is 0 Å². The van der Waals surface area contributed by atoms with Gasteiger partial charge >= 0.3 is 0 Å². The van der Waals surface area contributed by atoms with Crippen LogP contribution in [0.3, 0.4) is 0 Å². The van der Waals surface area contributed by atoms with E-state index in [0.717, 1.165) is 24.5 Å². The van der Waals surface area contributed by atoms with E-state index in [2.05, 4.69) is 27.5 Å². The van der Waals surface area contributed by atoms with Gasteiger partial charge < -0.3 is 10.6 Å². The van der Waals surface area contributed by atoms with Crippen molar-refractivity contribution in [3.8, 4) is 0 Å². The van der Waals surface area contributed by atoms with Crippen molar-refractivity contribution in [1.29, 1.82) is 0 Å². The Kier molecular flexibility index (Phi) is 4.28. The third-order valence-electron chi connectivity index (χ3n) is 2.49. The summed E-state index contributed by atoms with van der Waals surface area (Å²) in [5.41, 5.74) is 1.49. The summed E-state index contributed by atoms with van der Waals surface area (Å²) >= 11 is 0. The first-order chi connectivity index (χ1) is 9.17. The molecule has 0 amide bonds. The second-order valence-electron chi connectivity index (χ2n) is 4.28. The molecule has 1 aromatic heterocycles. The quantitative estimate of drug-likeness (QED) is 0.864. The van der Waals surface area contributed by atoms with E-state index < -0.39 is 0 Å². The minimum absolute atomic E-state index is 0.290. The van der Waals surface area contributed by atoms with E-state index in [9.17, 15) is 4.39 Å². The van der Waals surface area contributed by atoms with Gasteiger partial charge in [-0.15, -0.1) is 0 Å². The zero-order valence-electron chi connectivity index (χ0n) is 11.1. The van der Waals surface area contributed by atoms with E-state index in [1.54, 1.807) is 12.1 Å². The second kappa shape index (κ2) is 6.13. The average Bonchev–Trinajstić information content (AvgIpc) is 2.35. The summed E-state index contributed by atoms with van der Waals surface area (Å²) in [6.07, 6.45) is 1.02. The predicted molar refractivity (Wildman–Crippen MR) is 75.2 cm³/mol. The summed E-state index contributed by atoms with van der Waals surface area (Å²) in [6, 6.07) is 8.10. The molecule has 0 unspecified atom stereocenters. The van der Waals surface area contributed by atoms with Gasteiger partial charge in [-0.2, -0.15) is 4.98 Å². The molecule has 0 radical (unpaired) electrons. The van der Waals surface area contributed by atoms with Crippen LogP contribution >= 0.6 is 0 Å². The molecule has 0 aliphatic heterocycles. The fourth-order valence-electron chi connectivity index (χ4n) is 1.66. The van der Waals surface area contributed by atoms with Gasteiger partial charge in [0, 0.05) is 24.0 Å². The lowest BCUT2D eigenvalue weighted by Crippen LogP contribution is -2.06. The molecule has 0 aliphatic carbocycles. The van der Waals surface area contributed by atoms with Gasteiger partial charge in [0.15, 0.2) is 0 Å². The van der Waals surface area contributed by atoms with Crippen molar-refractivity contribution >= 4 is 17.5 Å². The first kappa shape index (κ1) is 13.3. The van der Waals surface area contributed by atoms with Crippen molar-refractivity contribution in [3.05, 3.63) is 41.8 Å². The lowest BCUT2D eigenvalue weighted by molar-refractivity contribution is 0.628. The van der Waals surface area contributed by atoms with Gasteiger partial charge in [-0.05, 0) is 31.5 Å². The zero-order valence-corrected chi connectivity index (χ0v) is 11.1. The highest BCUT2D eigenvalue weighted by Gasteiger charge is 2.03. The molecule has 0 saturated heterocycles. The molecule has 0 aliphatic rings. The smallest absolute Gasteiger partial charge is 0.229 e. The maximum absolute atomic E-state index is 13.1. The molecule has 4 nitrogen and oxygen atoms in total. The number of hydrogen-bond acceptors (Lipinski definition) is 4. The first-order valence-corrected chi connectivity index (χ1v) is 6.29. The summed E-state index contributed by atoms with van der Waals surface area (Å²) in [5.74, 6) is 0.944. The molecular weight excluding hydrogens is 243 g/mol. The van der Waals surface area contributed by atoms with Gasteiger partial charge in [0.25, 0.3) is 0 Å². The van der Waals surface area contributed by atoms with Crippen LogP contribution in [0.1, 0.15) is 19.0 Å². The largest absolute Gasteiger partial charge is 0.370 e. The summed E-state index contributed by atoms with van der Waals surface area (Å²) in [4.78, 5) is 8.62. The molecule has 0 spiro atoms. The molecule has 0 bridgehead atoms. The molecule has 1 heterocycles. The number of rotatable bonds is 5. The highest BCUT2D eigenvalue weighted by molar-refractivity contribution is 5.55. The average molecular weight is 260 g/mol. The van der Waals surface area contributed by atoms with Crippen LogP contribution in [0.5, 0.6) is 0 Å². The van der Waals surface area contributed by atoms with Crippen LogP contribution in [0.15, 0.2) is 30.3 Å². The van der Waals surface area contributed by atoms with Crippen LogP contribution in [-0.2, 0) is 0 Å². The summed E-state index contributed by atoms with van der Waals surface area (Å²) in [6.45, 7) is 4.85. The maximum Gasteiger partial charge on any atom is 0.229 e. The van der Waals surface area contributed by atoms with Gasteiger partial charge in [0.2, 0.25) is 5.95 Å². The van der Waals surface area contributed by atoms with Crippen LogP contribution in [0.25, 0.3) is 0 Å². The van der Waals surface area contributed by atoms with Crippen molar-refractivity contribution in [2.45, 2.75) is 20.3 Å². The van der Waals surface area contributed by atoms with E-state index in [-0.39, 0.29) is 5.82 Å². The molecule has 100 valence electrons. The highest BCUT2D eigenvalue weighted by atomic mass is 19.1. The monoisotopic (exact) mass is 260 g/mol. The Bertz CT molecular complexity index is 557. The second-order valence-corrected chi connectivity index (χ2v) is 4.28.